The number of aryl methyl sites for hydroxylation is 1. The van der Waals surface area contributed by atoms with Crippen molar-refractivity contribution in [1.82, 2.24) is 14.6 Å². The molecule has 186 valence electrons. The summed E-state index contributed by atoms with van der Waals surface area (Å²) >= 11 is 0. The summed E-state index contributed by atoms with van der Waals surface area (Å²) in [7, 11) is -3.99. The van der Waals surface area contributed by atoms with Gasteiger partial charge in [-0.1, -0.05) is 18.2 Å². The van der Waals surface area contributed by atoms with Crippen molar-refractivity contribution in [2.24, 2.45) is 0 Å². The van der Waals surface area contributed by atoms with E-state index in [1.165, 1.54) is 11.5 Å². The molecule has 2 heterocycles. The number of para-hydroxylation sites is 1. The van der Waals surface area contributed by atoms with E-state index in [9.17, 15) is 14.2 Å². The zero-order valence-electron chi connectivity index (χ0n) is 19.7. The van der Waals surface area contributed by atoms with Crippen LogP contribution in [0, 0.1) is 6.92 Å². The molecule has 4 atom stereocenters. The van der Waals surface area contributed by atoms with Crippen molar-refractivity contribution in [3.63, 3.8) is 0 Å². The number of nitrogen functional groups attached to an aromatic ring is 1. The maximum atomic E-state index is 13.5. The topological polar surface area (TPSA) is 144 Å². The van der Waals surface area contributed by atoms with Gasteiger partial charge in [-0.3, -0.25) is 13.9 Å². The number of esters is 1. The number of ether oxygens (including phenoxy) is 2. The first-order valence-electron chi connectivity index (χ1n) is 11.0. The highest BCUT2D eigenvalue weighted by atomic mass is 31.2. The Hall–Kier alpha value is -2.72. The minimum Gasteiger partial charge on any atom is -0.462 e. The van der Waals surface area contributed by atoms with E-state index in [1.807, 2.05) is 0 Å². The number of carbonyl (C=O) groups is 1. The average Bonchev–Trinajstić information content (AvgIpc) is 3.24. The number of nitrogens with one attached hydrogen (secondary N) is 1. The van der Waals surface area contributed by atoms with Gasteiger partial charge in [-0.05, 0) is 52.7 Å². The summed E-state index contributed by atoms with van der Waals surface area (Å²) < 4.78 is 37.3. The van der Waals surface area contributed by atoms with Gasteiger partial charge in [-0.2, -0.15) is 10.1 Å². The van der Waals surface area contributed by atoms with Gasteiger partial charge >= 0.3 is 19.4 Å². The molecule has 0 saturated carbocycles. The van der Waals surface area contributed by atoms with E-state index in [2.05, 4.69) is 10.1 Å². The monoisotopic (exact) mass is 494 g/mol. The van der Waals surface area contributed by atoms with Crippen LogP contribution in [0.3, 0.4) is 0 Å². The number of hydrogen-bond donors (Lipinski definition) is 2. The van der Waals surface area contributed by atoms with Crippen LogP contribution in [0.1, 0.15) is 45.4 Å². The van der Waals surface area contributed by atoms with Crippen molar-refractivity contribution in [2.75, 3.05) is 12.3 Å². The second-order valence-corrected chi connectivity index (χ2v) is 10.0. The minimum absolute atomic E-state index is 0.0876. The summed E-state index contributed by atoms with van der Waals surface area (Å²) in [5.41, 5.74) is 5.85. The number of anilines is 1. The Kier molecular flexibility index (Phi) is 8.48. The lowest BCUT2D eigenvalue weighted by Gasteiger charge is -2.24. The van der Waals surface area contributed by atoms with Gasteiger partial charge in [0, 0.05) is 11.8 Å². The van der Waals surface area contributed by atoms with E-state index in [0.717, 1.165) is 0 Å². The molecular weight excluding hydrogens is 463 g/mol. The lowest BCUT2D eigenvalue weighted by Crippen LogP contribution is -2.36. The molecule has 11 nitrogen and oxygen atoms in total. The van der Waals surface area contributed by atoms with Crippen LogP contribution in [-0.2, 0) is 23.4 Å². The Morgan fingerprint density at radius 1 is 1.29 bits per heavy atom. The third kappa shape index (κ3) is 6.89. The molecule has 0 spiro atoms. The Balaban J connectivity index is 1.68. The SMILES string of the molecule is Cc1cn(C2CCC(COP(=O)(NC(C)C(=O)OC(C)C)Oc3ccccc3)O2)c(=O)nc1N. The van der Waals surface area contributed by atoms with Crippen molar-refractivity contribution < 1.29 is 27.9 Å². The van der Waals surface area contributed by atoms with Crippen LogP contribution in [0.4, 0.5) is 5.82 Å². The number of benzene rings is 1. The molecule has 4 unspecified atom stereocenters. The van der Waals surface area contributed by atoms with Crippen molar-refractivity contribution in [1.29, 1.82) is 0 Å². The first-order chi connectivity index (χ1) is 16.1. The highest BCUT2D eigenvalue weighted by Gasteiger charge is 2.35. The van der Waals surface area contributed by atoms with Gasteiger partial charge in [0.05, 0.1) is 18.8 Å². The summed E-state index contributed by atoms with van der Waals surface area (Å²) in [6.07, 6.45) is 1.36. The molecule has 0 bridgehead atoms. The van der Waals surface area contributed by atoms with E-state index in [4.69, 9.17) is 24.3 Å². The lowest BCUT2D eigenvalue weighted by atomic mass is 10.2. The average molecular weight is 494 g/mol. The zero-order chi connectivity index (χ0) is 24.9. The standard InChI is InChI=1S/C22H31N4O7P/c1-14(2)31-21(27)16(4)25-34(29,33-17-8-6-5-7-9-17)30-13-18-10-11-19(32-18)26-12-15(3)20(23)24-22(26)28/h5-9,12,14,16,18-19H,10-11,13H2,1-4H3,(H,25,29)(H2,23,24,28). The fourth-order valence-electron chi connectivity index (χ4n) is 3.31. The molecule has 1 aliphatic heterocycles. The third-order valence-corrected chi connectivity index (χ3v) is 6.67. The Labute approximate surface area is 198 Å². The molecule has 1 aromatic heterocycles. The lowest BCUT2D eigenvalue weighted by molar-refractivity contribution is -0.149. The molecule has 0 radical (unpaired) electrons. The van der Waals surface area contributed by atoms with E-state index < -0.39 is 37.8 Å². The first kappa shape index (κ1) is 25.9. The second-order valence-electron chi connectivity index (χ2n) is 8.32. The Morgan fingerprint density at radius 3 is 2.68 bits per heavy atom. The minimum atomic E-state index is -3.99. The number of hydrogen-bond acceptors (Lipinski definition) is 9. The highest BCUT2D eigenvalue weighted by molar-refractivity contribution is 7.52. The molecule has 3 N–H and O–H groups in total. The molecule has 3 rings (SSSR count). The normalized spacial score (nSPS) is 20.6. The summed E-state index contributed by atoms with van der Waals surface area (Å²) in [5, 5.41) is 2.64. The van der Waals surface area contributed by atoms with Gasteiger partial charge in [0.15, 0.2) is 0 Å². The number of nitrogens with zero attached hydrogens (tertiary/aromatic N) is 2. The van der Waals surface area contributed by atoms with E-state index in [1.54, 1.807) is 57.3 Å². The molecule has 34 heavy (non-hydrogen) atoms. The molecule has 1 fully saturated rings. The molecule has 2 aromatic rings. The fourth-order valence-corrected chi connectivity index (χ4v) is 4.84. The molecule has 1 aliphatic rings. The number of carbonyl (C=O) groups excluding carboxylic acids is 1. The maximum Gasteiger partial charge on any atom is 0.459 e. The quantitative estimate of drug-likeness (QED) is 0.374. The maximum absolute atomic E-state index is 13.5. The smallest absolute Gasteiger partial charge is 0.459 e. The first-order valence-corrected chi connectivity index (χ1v) is 12.6. The Morgan fingerprint density at radius 2 is 2.00 bits per heavy atom. The predicted octanol–water partition coefficient (Wildman–Crippen LogP) is 2.94. The fraction of sp³-hybridized carbons (Fsp3) is 0.500. The highest BCUT2D eigenvalue weighted by Crippen LogP contribution is 2.45. The molecule has 0 amide bonds. The molecule has 12 heteroatoms. The van der Waals surface area contributed by atoms with Gasteiger partial charge in [0.1, 0.15) is 23.8 Å². The van der Waals surface area contributed by atoms with Crippen molar-refractivity contribution in [2.45, 2.75) is 65.0 Å². The summed E-state index contributed by atoms with van der Waals surface area (Å²) in [6.45, 7) is 6.62. The van der Waals surface area contributed by atoms with Crippen LogP contribution in [-0.4, -0.2) is 40.4 Å². The number of nitrogens with two attached hydrogens (primary N) is 1. The van der Waals surface area contributed by atoms with E-state index in [0.29, 0.717) is 24.2 Å². The molecule has 1 saturated heterocycles. The predicted molar refractivity (Wildman–Crippen MR) is 125 cm³/mol. The van der Waals surface area contributed by atoms with E-state index in [-0.39, 0.29) is 18.5 Å². The van der Waals surface area contributed by atoms with Crippen LogP contribution in [0.25, 0.3) is 0 Å². The second kappa shape index (κ2) is 11.1. The van der Waals surface area contributed by atoms with Gasteiger partial charge in [0.2, 0.25) is 0 Å². The van der Waals surface area contributed by atoms with Crippen LogP contribution in [0.15, 0.2) is 41.3 Å². The van der Waals surface area contributed by atoms with Crippen LogP contribution < -0.4 is 21.0 Å². The van der Waals surface area contributed by atoms with Gasteiger partial charge in [0.25, 0.3) is 0 Å². The van der Waals surface area contributed by atoms with Gasteiger partial charge < -0.3 is 19.7 Å². The summed E-state index contributed by atoms with van der Waals surface area (Å²) in [5.74, 6) is -0.101. The number of rotatable bonds is 10. The summed E-state index contributed by atoms with van der Waals surface area (Å²) in [4.78, 5) is 28.2. The van der Waals surface area contributed by atoms with Crippen molar-refractivity contribution >= 4 is 19.5 Å². The molecule has 0 aliphatic carbocycles. The van der Waals surface area contributed by atoms with Crippen molar-refractivity contribution in [3.8, 4) is 5.75 Å². The molecular formula is C22H31N4O7P. The van der Waals surface area contributed by atoms with Crippen LogP contribution >= 0.6 is 7.75 Å². The largest absolute Gasteiger partial charge is 0.462 e. The van der Waals surface area contributed by atoms with Crippen LogP contribution in [0.2, 0.25) is 0 Å². The third-order valence-electron chi connectivity index (χ3n) is 5.03. The molecule has 1 aromatic carbocycles. The summed E-state index contributed by atoms with van der Waals surface area (Å²) in [6, 6.07) is 7.54. The number of aromatic nitrogens is 2. The van der Waals surface area contributed by atoms with Crippen LogP contribution in [0.5, 0.6) is 5.75 Å². The van der Waals surface area contributed by atoms with Gasteiger partial charge in [-0.15, -0.1) is 0 Å². The van der Waals surface area contributed by atoms with Crippen molar-refractivity contribution in [3.05, 3.63) is 52.6 Å². The van der Waals surface area contributed by atoms with E-state index >= 15 is 0 Å². The zero-order valence-corrected chi connectivity index (χ0v) is 20.6. The van der Waals surface area contributed by atoms with Gasteiger partial charge in [-0.25, -0.2) is 9.36 Å². The Bertz CT molecular complexity index is 1090.